The second kappa shape index (κ2) is 5.29. The van der Waals surface area contributed by atoms with Crippen LogP contribution in [-0.2, 0) is 0 Å². The van der Waals surface area contributed by atoms with Gasteiger partial charge in [-0.2, -0.15) is 0 Å². The molecule has 1 unspecified atom stereocenters. The number of aliphatic imine (C=N–C) groups is 1. The SMILES string of the molecule is CC(N=C1CCCC[C@@H]1C)c1ccccc1. The summed E-state index contributed by atoms with van der Waals surface area (Å²) in [5, 5.41) is 0. The molecular weight excluding hydrogens is 194 g/mol. The number of hydrogen-bond acceptors (Lipinski definition) is 1. The third kappa shape index (κ3) is 2.72. The van der Waals surface area contributed by atoms with Crippen LogP contribution in [0.4, 0.5) is 0 Å². The Morgan fingerprint density at radius 1 is 1.19 bits per heavy atom. The summed E-state index contributed by atoms with van der Waals surface area (Å²) in [5.41, 5.74) is 2.76. The van der Waals surface area contributed by atoms with Gasteiger partial charge in [-0.05, 0) is 37.7 Å². The molecule has 1 heteroatoms. The zero-order valence-corrected chi connectivity index (χ0v) is 10.3. The fourth-order valence-electron chi connectivity index (χ4n) is 2.42. The van der Waals surface area contributed by atoms with Gasteiger partial charge in [0.15, 0.2) is 0 Å². The van der Waals surface area contributed by atoms with E-state index in [1.807, 2.05) is 0 Å². The molecule has 1 nitrogen and oxygen atoms in total. The summed E-state index contributed by atoms with van der Waals surface area (Å²) in [7, 11) is 0. The Labute approximate surface area is 98.6 Å². The van der Waals surface area contributed by atoms with Crippen LogP contribution in [0.3, 0.4) is 0 Å². The molecule has 1 saturated carbocycles. The van der Waals surface area contributed by atoms with Gasteiger partial charge in [0.25, 0.3) is 0 Å². The van der Waals surface area contributed by atoms with E-state index in [9.17, 15) is 0 Å². The van der Waals surface area contributed by atoms with Crippen molar-refractivity contribution in [2.24, 2.45) is 10.9 Å². The lowest BCUT2D eigenvalue weighted by molar-refractivity contribution is 0.552. The van der Waals surface area contributed by atoms with Crippen molar-refractivity contribution in [3.63, 3.8) is 0 Å². The van der Waals surface area contributed by atoms with E-state index < -0.39 is 0 Å². The van der Waals surface area contributed by atoms with Crippen molar-refractivity contribution in [3.8, 4) is 0 Å². The molecule has 0 spiro atoms. The van der Waals surface area contributed by atoms with Crippen molar-refractivity contribution in [1.82, 2.24) is 0 Å². The van der Waals surface area contributed by atoms with E-state index >= 15 is 0 Å². The maximum Gasteiger partial charge on any atom is 0.0720 e. The van der Waals surface area contributed by atoms with E-state index in [-0.39, 0.29) is 0 Å². The van der Waals surface area contributed by atoms with Gasteiger partial charge < -0.3 is 0 Å². The Morgan fingerprint density at radius 2 is 1.94 bits per heavy atom. The summed E-state index contributed by atoms with van der Waals surface area (Å²) in [6.07, 6.45) is 5.23. The summed E-state index contributed by atoms with van der Waals surface area (Å²) in [4.78, 5) is 4.90. The van der Waals surface area contributed by atoms with Gasteiger partial charge in [0.2, 0.25) is 0 Å². The molecule has 1 aromatic carbocycles. The molecular formula is C15H21N. The molecule has 86 valence electrons. The van der Waals surface area contributed by atoms with Crippen molar-refractivity contribution >= 4 is 5.71 Å². The molecule has 0 aromatic heterocycles. The molecule has 0 amide bonds. The van der Waals surface area contributed by atoms with Crippen LogP contribution in [0.25, 0.3) is 0 Å². The highest BCUT2D eigenvalue weighted by atomic mass is 14.8. The minimum absolute atomic E-state index is 0.316. The smallest absolute Gasteiger partial charge is 0.0720 e. The predicted molar refractivity (Wildman–Crippen MR) is 69.9 cm³/mol. The van der Waals surface area contributed by atoms with Crippen LogP contribution in [-0.4, -0.2) is 5.71 Å². The topological polar surface area (TPSA) is 12.4 Å². The molecule has 1 aliphatic carbocycles. The first-order chi connectivity index (χ1) is 7.77. The molecule has 0 saturated heterocycles. The highest BCUT2D eigenvalue weighted by molar-refractivity contribution is 5.87. The summed E-state index contributed by atoms with van der Waals surface area (Å²) in [6.45, 7) is 4.51. The van der Waals surface area contributed by atoms with Crippen molar-refractivity contribution in [1.29, 1.82) is 0 Å². The van der Waals surface area contributed by atoms with Crippen molar-refractivity contribution < 1.29 is 0 Å². The van der Waals surface area contributed by atoms with Crippen molar-refractivity contribution in [2.75, 3.05) is 0 Å². The molecule has 0 bridgehead atoms. The first-order valence-electron chi connectivity index (χ1n) is 6.39. The van der Waals surface area contributed by atoms with Crippen LogP contribution in [0, 0.1) is 5.92 Å². The molecule has 0 aliphatic heterocycles. The summed E-state index contributed by atoms with van der Waals surface area (Å²) >= 11 is 0. The summed E-state index contributed by atoms with van der Waals surface area (Å²) < 4.78 is 0. The van der Waals surface area contributed by atoms with Gasteiger partial charge in [0, 0.05) is 5.71 Å². The van der Waals surface area contributed by atoms with Crippen LogP contribution in [0.5, 0.6) is 0 Å². The monoisotopic (exact) mass is 215 g/mol. The molecule has 16 heavy (non-hydrogen) atoms. The van der Waals surface area contributed by atoms with Crippen molar-refractivity contribution in [2.45, 2.75) is 45.6 Å². The Kier molecular flexibility index (Phi) is 3.76. The zero-order chi connectivity index (χ0) is 11.4. The number of hydrogen-bond donors (Lipinski definition) is 0. The maximum absolute atomic E-state index is 4.90. The van der Waals surface area contributed by atoms with Gasteiger partial charge in [0.05, 0.1) is 6.04 Å². The minimum Gasteiger partial charge on any atom is -0.286 e. The van der Waals surface area contributed by atoms with E-state index in [0.717, 1.165) is 0 Å². The van der Waals surface area contributed by atoms with E-state index in [1.54, 1.807) is 0 Å². The van der Waals surface area contributed by atoms with Gasteiger partial charge in [0.1, 0.15) is 0 Å². The van der Waals surface area contributed by atoms with Gasteiger partial charge in [-0.15, -0.1) is 0 Å². The Bertz CT molecular complexity index is 353. The van der Waals surface area contributed by atoms with Crippen LogP contribution in [0.1, 0.15) is 51.1 Å². The minimum atomic E-state index is 0.316. The molecule has 1 aromatic rings. The number of benzene rings is 1. The third-order valence-electron chi connectivity index (χ3n) is 3.53. The highest BCUT2D eigenvalue weighted by Gasteiger charge is 2.16. The fraction of sp³-hybridized carbons (Fsp3) is 0.533. The molecule has 1 fully saturated rings. The fourth-order valence-corrected chi connectivity index (χ4v) is 2.42. The first-order valence-corrected chi connectivity index (χ1v) is 6.39. The normalized spacial score (nSPS) is 25.6. The molecule has 1 aliphatic rings. The molecule has 0 heterocycles. The second-order valence-corrected chi connectivity index (χ2v) is 4.85. The largest absolute Gasteiger partial charge is 0.286 e. The molecule has 0 radical (unpaired) electrons. The standard InChI is InChI=1S/C15H21N/c1-12-8-6-7-11-15(12)16-13(2)14-9-4-3-5-10-14/h3-5,9-10,12-13H,6-8,11H2,1-2H3/t12-,13?/m0/s1. The summed E-state index contributed by atoms with van der Waals surface area (Å²) in [6, 6.07) is 10.9. The number of nitrogens with zero attached hydrogens (tertiary/aromatic N) is 1. The average Bonchev–Trinajstić information content (AvgIpc) is 2.33. The second-order valence-electron chi connectivity index (χ2n) is 4.85. The van der Waals surface area contributed by atoms with E-state index in [1.165, 1.54) is 37.0 Å². The quantitative estimate of drug-likeness (QED) is 0.693. The van der Waals surface area contributed by atoms with Crippen LogP contribution in [0.2, 0.25) is 0 Å². The van der Waals surface area contributed by atoms with E-state index in [2.05, 4.69) is 44.2 Å². The Morgan fingerprint density at radius 3 is 2.62 bits per heavy atom. The van der Waals surface area contributed by atoms with Crippen molar-refractivity contribution in [3.05, 3.63) is 35.9 Å². The lowest BCUT2D eigenvalue weighted by Crippen LogP contribution is -2.17. The average molecular weight is 215 g/mol. The third-order valence-corrected chi connectivity index (χ3v) is 3.53. The molecule has 2 atom stereocenters. The molecule has 0 N–H and O–H groups in total. The summed E-state index contributed by atoms with van der Waals surface area (Å²) in [5.74, 6) is 0.694. The van der Waals surface area contributed by atoms with E-state index in [4.69, 9.17) is 4.99 Å². The number of rotatable bonds is 2. The highest BCUT2D eigenvalue weighted by Crippen LogP contribution is 2.25. The van der Waals surface area contributed by atoms with E-state index in [0.29, 0.717) is 12.0 Å². The Balaban J connectivity index is 2.10. The lowest BCUT2D eigenvalue weighted by atomic mass is 9.88. The lowest BCUT2D eigenvalue weighted by Gasteiger charge is -2.22. The van der Waals surface area contributed by atoms with Gasteiger partial charge >= 0.3 is 0 Å². The van der Waals surface area contributed by atoms with Gasteiger partial charge in [-0.3, -0.25) is 4.99 Å². The zero-order valence-electron chi connectivity index (χ0n) is 10.3. The van der Waals surface area contributed by atoms with Gasteiger partial charge in [-0.1, -0.05) is 43.7 Å². The maximum atomic E-state index is 4.90. The van der Waals surface area contributed by atoms with Crippen LogP contribution < -0.4 is 0 Å². The van der Waals surface area contributed by atoms with Crippen LogP contribution >= 0.6 is 0 Å². The van der Waals surface area contributed by atoms with Gasteiger partial charge in [-0.25, -0.2) is 0 Å². The molecule has 2 rings (SSSR count). The Hall–Kier alpha value is -1.11. The predicted octanol–water partition coefficient (Wildman–Crippen LogP) is 4.40. The first kappa shape index (κ1) is 11.4. The van der Waals surface area contributed by atoms with Crippen LogP contribution in [0.15, 0.2) is 35.3 Å².